The first-order valence-electron chi connectivity index (χ1n) is 17.2. The van der Waals surface area contributed by atoms with Gasteiger partial charge in [0.05, 0.1) is 11.8 Å². The second-order valence-corrected chi connectivity index (χ2v) is 15.5. The zero-order valence-corrected chi connectivity index (χ0v) is 27.3. The van der Waals surface area contributed by atoms with E-state index in [2.05, 4.69) is 86.5 Å². The number of aliphatic hydroxyl groups is 1. The van der Waals surface area contributed by atoms with Crippen molar-refractivity contribution in [1.82, 2.24) is 10.2 Å². The minimum atomic E-state index is -0.117. The molecule has 1 heterocycles. The molecule has 2 N–H and O–H groups in total. The molecule has 6 nitrogen and oxygen atoms in total. The normalized spacial score (nSPS) is 42.0. The van der Waals surface area contributed by atoms with E-state index in [9.17, 15) is 9.90 Å². The number of benzene rings is 1. The molecule has 0 aromatic heterocycles. The lowest BCUT2D eigenvalue weighted by Gasteiger charge is -2.57. The number of amides is 1. The Kier molecular flexibility index (Phi) is 8.58. The molecule has 1 aromatic rings. The summed E-state index contributed by atoms with van der Waals surface area (Å²) in [5.41, 5.74) is 4.30. The molecule has 4 fully saturated rings. The first-order chi connectivity index (χ1) is 20.6. The van der Waals surface area contributed by atoms with Gasteiger partial charge in [0.1, 0.15) is 0 Å². The molecule has 1 amide bonds. The van der Waals surface area contributed by atoms with Crippen molar-refractivity contribution < 1.29 is 14.7 Å². The van der Waals surface area contributed by atoms with E-state index in [1.54, 1.807) is 0 Å². The van der Waals surface area contributed by atoms with Gasteiger partial charge in [-0.3, -0.25) is 4.79 Å². The Balaban J connectivity index is 1.03. The zero-order chi connectivity index (χ0) is 30.4. The van der Waals surface area contributed by atoms with Gasteiger partial charge >= 0.3 is 0 Å². The number of nitrogens with zero attached hydrogens (tertiary/aromatic N) is 2. The third kappa shape index (κ3) is 5.49. The van der Waals surface area contributed by atoms with E-state index in [0.29, 0.717) is 30.3 Å². The Morgan fingerprint density at radius 2 is 1.86 bits per heavy atom. The second-order valence-electron chi connectivity index (χ2n) is 15.5. The smallest absolute Gasteiger partial charge is 0.260 e. The molecule has 1 saturated heterocycles. The summed E-state index contributed by atoms with van der Waals surface area (Å²) in [5, 5.41) is 18.3. The molecular formula is C37H55N3O3. The number of hydrogen-bond donors (Lipinski definition) is 2. The van der Waals surface area contributed by atoms with Crippen LogP contribution in [0.2, 0.25) is 0 Å². The largest absolute Gasteiger partial charge is 0.393 e. The highest BCUT2D eigenvalue weighted by Gasteiger charge is 2.58. The minimum Gasteiger partial charge on any atom is -0.393 e. The summed E-state index contributed by atoms with van der Waals surface area (Å²) in [7, 11) is 2.22. The molecule has 0 bridgehead atoms. The number of piperidine rings is 1. The number of carbonyl (C=O) groups excluding carboxylic acids is 1. The Morgan fingerprint density at radius 3 is 2.65 bits per heavy atom. The third-order valence-electron chi connectivity index (χ3n) is 13.5. The van der Waals surface area contributed by atoms with Gasteiger partial charge in [-0.15, -0.1) is 0 Å². The Hall–Kier alpha value is -2.18. The molecule has 0 unspecified atom stereocenters. The van der Waals surface area contributed by atoms with Gasteiger partial charge in [0.25, 0.3) is 5.91 Å². The van der Waals surface area contributed by atoms with Crippen LogP contribution in [-0.4, -0.2) is 60.5 Å². The zero-order valence-electron chi connectivity index (χ0n) is 27.3. The maximum Gasteiger partial charge on any atom is 0.260 e. The predicted molar refractivity (Wildman–Crippen MR) is 173 cm³/mol. The lowest BCUT2D eigenvalue weighted by Crippen LogP contribution is -2.52. The summed E-state index contributed by atoms with van der Waals surface area (Å²) >= 11 is 0. The molecule has 5 aliphatic rings. The van der Waals surface area contributed by atoms with Crippen LogP contribution in [0.5, 0.6) is 0 Å². The quantitative estimate of drug-likeness (QED) is 0.357. The van der Waals surface area contributed by atoms with Gasteiger partial charge in [-0.1, -0.05) is 61.8 Å². The van der Waals surface area contributed by atoms with Crippen molar-refractivity contribution in [2.45, 2.75) is 109 Å². The maximum absolute atomic E-state index is 12.8. The molecule has 1 aliphatic heterocycles. The number of aliphatic hydroxyl groups excluding tert-OH is 1. The number of fused-ring (bicyclic) bond motifs is 5. The minimum absolute atomic E-state index is 0.0374. The monoisotopic (exact) mass is 589 g/mol. The van der Waals surface area contributed by atoms with E-state index in [4.69, 9.17) is 4.84 Å². The fourth-order valence-corrected chi connectivity index (χ4v) is 10.6. The van der Waals surface area contributed by atoms with Crippen LogP contribution < -0.4 is 5.32 Å². The summed E-state index contributed by atoms with van der Waals surface area (Å²) in [5.74, 6) is 2.51. The number of hydrogen-bond acceptors (Lipinski definition) is 5. The third-order valence-corrected chi connectivity index (χ3v) is 13.5. The number of allylic oxidation sites excluding steroid dienone is 2. The maximum atomic E-state index is 12.8. The van der Waals surface area contributed by atoms with E-state index in [1.165, 1.54) is 30.4 Å². The first kappa shape index (κ1) is 30.8. The van der Waals surface area contributed by atoms with E-state index in [-0.39, 0.29) is 34.9 Å². The van der Waals surface area contributed by atoms with Gasteiger partial charge < -0.3 is 20.2 Å². The van der Waals surface area contributed by atoms with Crippen molar-refractivity contribution in [3.63, 3.8) is 0 Å². The fraction of sp³-hybridized carbons (Fsp3) is 0.730. The summed E-state index contributed by atoms with van der Waals surface area (Å²) in [6.45, 7) is 11.2. The van der Waals surface area contributed by atoms with Crippen LogP contribution in [0.25, 0.3) is 0 Å². The van der Waals surface area contributed by atoms with Gasteiger partial charge in [0.15, 0.2) is 6.61 Å². The number of oxime groups is 1. The van der Waals surface area contributed by atoms with Crippen LogP contribution in [0.15, 0.2) is 47.1 Å². The molecule has 6 heteroatoms. The van der Waals surface area contributed by atoms with Gasteiger partial charge in [-0.25, -0.2) is 0 Å². The van der Waals surface area contributed by atoms with Crippen molar-refractivity contribution >= 4 is 11.6 Å². The molecule has 0 radical (unpaired) electrons. The standard InChI is InChI=1S/C37H55N3O3/c1-25-23-40(5)26(2)22-37(25,27-9-7-6-8-10-27)19-20-38-34(42)24-43-39-29-15-17-35(3)28(21-29)11-12-30-31-13-14-33(41)36(31,4)18-16-32(30)35/h6-10,21,25-26,30-33,41H,11-20,22-24H2,1-5H3,(H,38,42)/b39-29-/t25-,26+,30+,31+,32+,33+,35+,36+,37+/m1/s1. The molecule has 6 rings (SSSR count). The predicted octanol–water partition coefficient (Wildman–Crippen LogP) is 6.49. The summed E-state index contributed by atoms with van der Waals surface area (Å²) in [6.07, 6.45) is 13.1. The average Bonchev–Trinajstić information content (AvgIpc) is 3.30. The van der Waals surface area contributed by atoms with Crippen molar-refractivity contribution in [3.05, 3.63) is 47.5 Å². The topological polar surface area (TPSA) is 74.2 Å². The van der Waals surface area contributed by atoms with Crippen LogP contribution in [-0.2, 0) is 15.0 Å². The second kappa shape index (κ2) is 12.0. The summed E-state index contributed by atoms with van der Waals surface area (Å²) in [4.78, 5) is 20.9. The van der Waals surface area contributed by atoms with E-state index < -0.39 is 0 Å². The molecule has 0 spiro atoms. The van der Waals surface area contributed by atoms with Crippen LogP contribution >= 0.6 is 0 Å². The van der Waals surface area contributed by atoms with Gasteiger partial charge in [0.2, 0.25) is 0 Å². The first-order valence-corrected chi connectivity index (χ1v) is 17.2. The van der Waals surface area contributed by atoms with Gasteiger partial charge in [-0.2, -0.15) is 0 Å². The van der Waals surface area contributed by atoms with Crippen LogP contribution in [0.3, 0.4) is 0 Å². The van der Waals surface area contributed by atoms with Crippen molar-refractivity contribution in [1.29, 1.82) is 0 Å². The highest BCUT2D eigenvalue weighted by atomic mass is 16.6. The van der Waals surface area contributed by atoms with Crippen molar-refractivity contribution in [2.24, 2.45) is 39.7 Å². The molecule has 3 saturated carbocycles. The Labute approximate surface area is 259 Å². The number of likely N-dealkylation sites (tertiary alicyclic amines) is 1. The molecule has 1 aromatic carbocycles. The fourth-order valence-electron chi connectivity index (χ4n) is 10.6. The van der Waals surface area contributed by atoms with E-state index in [0.717, 1.165) is 63.1 Å². The lowest BCUT2D eigenvalue weighted by molar-refractivity contribution is -0.125. The molecule has 4 aliphatic carbocycles. The Bertz CT molecular complexity index is 1230. The molecular weight excluding hydrogens is 534 g/mol. The molecule has 9 atom stereocenters. The van der Waals surface area contributed by atoms with Crippen LogP contribution in [0.4, 0.5) is 0 Å². The lowest BCUT2D eigenvalue weighted by atomic mass is 9.47. The van der Waals surface area contributed by atoms with Crippen LogP contribution in [0, 0.1) is 34.5 Å². The van der Waals surface area contributed by atoms with Crippen molar-refractivity contribution in [3.8, 4) is 0 Å². The SMILES string of the molecule is C[C@@H]1CN(C)[C@@H](C)C[C@]1(CCNC(=O)CO/N=C1\C=C2CC[C@H]3[C@@H]4CC[C@H](O)[C@@]4(C)CC[C@@H]3[C@@]2(C)CC1)c1ccccc1. The summed E-state index contributed by atoms with van der Waals surface area (Å²) in [6, 6.07) is 11.4. The number of carbonyl (C=O) groups is 1. The summed E-state index contributed by atoms with van der Waals surface area (Å²) < 4.78 is 0. The van der Waals surface area contributed by atoms with Gasteiger partial charge in [0, 0.05) is 24.5 Å². The highest BCUT2D eigenvalue weighted by molar-refractivity contribution is 5.96. The number of rotatable bonds is 7. The highest BCUT2D eigenvalue weighted by Crippen LogP contribution is 2.65. The van der Waals surface area contributed by atoms with E-state index in [1.807, 2.05) is 0 Å². The molecule has 43 heavy (non-hydrogen) atoms. The average molecular weight is 590 g/mol. The van der Waals surface area contributed by atoms with Gasteiger partial charge in [-0.05, 0) is 124 Å². The van der Waals surface area contributed by atoms with Crippen LogP contribution in [0.1, 0.15) is 97.5 Å². The number of nitrogens with one attached hydrogen (secondary N) is 1. The molecule has 236 valence electrons. The Morgan fingerprint density at radius 1 is 1.07 bits per heavy atom. The van der Waals surface area contributed by atoms with E-state index >= 15 is 0 Å². The van der Waals surface area contributed by atoms with Crippen molar-refractivity contribution in [2.75, 3.05) is 26.7 Å².